The highest BCUT2D eigenvalue weighted by Gasteiger charge is 2.25. The first-order valence-corrected chi connectivity index (χ1v) is 6.05. The summed E-state index contributed by atoms with van der Waals surface area (Å²) in [7, 11) is 1.78. The maximum atomic E-state index is 11.8. The van der Waals surface area contributed by atoms with Crippen molar-refractivity contribution in [2.45, 2.75) is 33.7 Å². The minimum absolute atomic E-state index is 0.0435. The smallest absolute Gasteiger partial charge is 0.307 e. The Labute approximate surface area is 103 Å². The van der Waals surface area contributed by atoms with E-state index < -0.39 is 11.9 Å². The summed E-state index contributed by atoms with van der Waals surface area (Å²) in [5.74, 6) is -1.27. The van der Waals surface area contributed by atoms with Crippen molar-refractivity contribution in [2.24, 2.45) is 5.92 Å². The molecule has 0 aliphatic rings. The van der Waals surface area contributed by atoms with Crippen LogP contribution in [0, 0.1) is 5.92 Å². The fourth-order valence-corrected chi connectivity index (χ4v) is 1.62. The zero-order chi connectivity index (χ0) is 13.6. The molecule has 0 spiro atoms. The third-order valence-electron chi connectivity index (χ3n) is 3.31. The highest BCUT2D eigenvalue weighted by atomic mass is 16.4. The molecule has 0 saturated carbocycles. The van der Waals surface area contributed by atoms with Crippen molar-refractivity contribution in [3.8, 4) is 0 Å². The standard InChI is InChI=1S/C12H24N2O3/c1-6-14(7-2)11(15)8-13(5)10(4)9(3)12(16)17/h9-10H,6-8H2,1-5H3,(H,16,17). The van der Waals surface area contributed by atoms with Crippen molar-refractivity contribution in [1.82, 2.24) is 9.80 Å². The molecule has 2 atom stereocenters. The molecule has 0 bridgehead atoms. The molecule has 0 fully saturated rings. The Hall–Kier alpha value is -1.10. The monoisotopic (exact) mass is 244 g/mol. The highest BCUT2D eigenvalue weighted by molar-refractivity contribution is 5.78. The zero-order valence-electron chi connectivity index (χ0n) is 11.4. The summed E-state index contributed by atoms with van der Waals surface area (Å²) in [5.41, 5.74) is 0. The maximum Gasteiger partial charge on any atom is 0.307 e. The van der Waals surface area contributed by atoms with Gasteiger partial charge in [-0.25, -0.2) is 0 Å². The predicted octanol–water partition coefficient (Wildman–Crippen LogP) is 0.896. The van der Waals surface area contributed by atoms with Crippen LogP contribution in [0.2, 0.25) is 0 Å². The third-order valence-corrected chi connectivity index (χ3v) is 3.31. The molecule has 2 unspecified atom stereocenters. The SMILES string of the molecule is CCN(CC)C(=O)CN(C)C(C)C(C)C(=O)O. The lowest BCUT2D eigenvalue weighted by molar-refractivity contribution is -0.144. The number of nitrogens with zero attached hydrogens (tertiary/aromatic N) is 2. The van der Waals surface area contributed by atoms with Gasteiger partial charge in [0.1, 0.15) is 0 Å². The van der Waals surface area contributed by atoms with Gasteiger partial charge in [-0.15, -0.1) is 0 Å². The van der Waals surface area contributed by atoms with E-state index in [1.807, 2.05) is 20.8 Å². The van der Waals surface area contributed by atoms with Crippen LogP contribution in [0.3, 0.4) is 0 Å². The van der Waals surface area contributed by atoms with Crippen LogP contribution in [0.25, 0.3) is 0 Å². The first-order valence-electron chi connectivity index (χ1n) is 6.05. The highest BCUT2D eigenvalue weighted by Crippen LogP contribution is 2.09. The van der Waals surface area contributed by atoms with E-state index in [4.69, 9.17) is 5.11 Å². The van der Waals surface area contributed by atoms with Crippen molar-refractivity contribution in [1.29, 1.82) is 0 Å². The van der Waals surface area contributed by atoms with E-state index in [0.29, 0.717) is 13.1 Å². The molecule has 5 nitrogen and oxygen atoms in total. The summed E-state index contributed by atoms with van der Waals surface area (Å²) < 4.78 is 0. The molecule has 0 aromatic heterocycles. The van der Waals surface area contributed by atoms with Gasteiger partial charge >= 0.3 is 5.97 Å². The average Bonchev–Trinajstić information content (AvgIpc) is 2.28. The van der Waals surface area contributed by atoms with Crippen molar-refractivity contribution in [3.63, 3.8) is 0 Å². The fourth-order valence-electron chi connectivity index (χ4n) is 1.62. The van der Waals surface area contributed by atoms with Gasteiger partial charge in [-0.05, 0) is 27.8 Å². The van der Waals surface area contributed by atoms with E-state index in [2.05, 4.69) is 0 Å². The van der Waals surface area contributed by atoms with Gasteiger partial charge in [0.15, 0.2) is 0 Å². The predicted molar refractivity (Wildman–Crippen MR) is 66.8 cm³/mol. The van der Waals surface area contributed by atoms with Gasteiger partial charge in [-0.1, -0.05) is 6.92 Å². The van der Waals surface area contributed by atoms with Gasteiger partial charge in [0.05, 0.1) is 12.5 Å². The van der Waals surface area contributed by atoms with Gasteiger partial charge in [0, 0.05) is 19.1 Å². The number of aliphatic carboxylic acids is 1. The molecule has 0 heterocycles. The summed E-state index contributed by atoms with van der Waals surface area (Å²) >= 11 is 0. The summed E-state index contributed by atoms with van der Waals surface area (Å²) in [4.78, 5) is 26.2. The van der Waals surface area contributed by atoms with Crippen molar-refractivity contribution in [2.75, 3.05) is 26.7 Å². The lowest BCUT2D eigenvalue weighted by Gasteiger charge is -2.29. The molecule has 5 heteroatoms. The van der Waals surface area contributed by atoms with Crippen LogP contribution in [0.15, 0.2) is 0 Å². The number of carboxylic acids is 1. The Morgan fingerprint density at radius 1 is 1.18 bits per heavy atom. The number of hydrogen-bond acceptors (Lipinski definition) is 3. The van der Waals surface area contributed by atoms with Crippen LogP contribution in [-0.2, 0) is 9.59 Å². The molecule has 0 aliphatic heterocycles. The topological polar surface area (TPSA) is 60.9 Å². The van der Waals surface area contributed by atoms with Gasteiger partial charge in [-0.3, -0.25) is 14.5 Å². The molecule has 17 heavy (non-hydrogen) atoms. The Morgan fingerprint density at radius 2 is 1.65 bits per heavy atom. The molecule has 0 aromatic rings. The van der Waals surface area contributed by atoms with E-state index in [1.165, 1.54) is 0 Å². The first kappa shape index (κ1) is 15.9. The number of likely N-dealkylation sites (N-methyl/N-ethyl adjacent to an activating group) is 2. The number of carboxylic acid groups (broad SMARTS) is 1. The molecule has 0 rings (SSSR count). The maximum absolute atomic E-state index is 11.8. The summed E-state index contributed by atoms with van der Waals surface area (Å²) in [6, 6.07) is -0.160. The average molecular weight is 244 g/mol. The number of carbonyl (C=O) groups excluding carboxylic acids is 1. The van der Waals surface area contributed by atoms with E-state index in [9.17, 15) is 9.59 Å². The molecule has 1 N–H and O–H groups in total. The molecule has 100 valence electrons. The second-order valence-electron chi connectivity index (χ2n) is 4.35. The van der Waals surface area contributed by atoms with Crippen LogP contribution >= 0.6 is 0 Å². The van der Waals surface area contributed by atoms with Crippen molar-refractivity contribution >= 4 is 11.9 Å². The molecule has 0 aromatic carbocycles. The zero-order valence-corrected chi connectivity index (χ0v) is 11.4. The third kappa shape index (κ3) is 4.73. The number of carbonyl (C=O) groups is 2. The lowest BCUT2D eigenvalue weighted by atomic mass is 10.0. The molecular weight excluding hydrogens is 220 g/mol. The number of hydrogen-bond donors (Lipinski definition) is 1. The fraction of sp³-hybridized carbons (Fsp3) is 0.833. The quantitative estimate of drug-likeness (QED) is 0.722. The minimum atomic E-state index is -0.834. The van der Waals surface area contributed by atoms with Gasteiger partial charge in [-0.2, -0.15) is 0 Å². The number of amides is 1. The van der Waals surface area contributed by atoms with Gasteiger partial charge in [0.2, 0.25) is 5.91 Å². The summed E-state index contributed by atoms with van der Waals surface area (Å²) in [5, 5.41) is 8.91. The van der Waals surface area contributed by atoms with Crippen LogP contribution in [0.4, 0.5) is 0 Å². The normalized spacial score (nSPS) is 14.5. The number of rotatable bonds is 7. The van der Waals surface area contributed by atoms with Crippen molar-refractivity contribution in [3.05, 3.63) is 0 Å². The second kappa shape index (κ2) is 7.27. The lowest BCUT2D eigenvalue weighted by Crippen LogP contribution is -2.45. The molecule has 0 aliphatic carbocycles. The summed E-state index contributed by atoms with van der Waals surface area (Å²) in [6.45, 7) is 8.99. The van der Waals surface area contributed by atoms with Gasteiger partial charge < -0.3 is 10.0 Å². The Bertz CT molecular complexity index is 264. The molecular formula is C12H24N2O3. The van der Waals surface area contributed by atoms with Crippen LogP contribution in [0.1, 0.15) is 27.7 Å². The van der Waals surface area contributed by atoms with E-state index in [0.717, 1.165) is 0 Å². The molecule has 0 saturated heterocycles. The Kier molecular flexibility index (Phi) is 6.80. The molecule has 0 radical (unpaired) electrons. The Morgan fingerprint density at radius 3 is 2.00 bits per heavy atom. The van der Waals surface area contributed by atoms with E-state index >= 15 is 0 Å². The largest absolute Gasteiger partial charge is 0.481 e. The van der Waals surface area contributed by atoms with Crippen LogP contribution < -0.4 is 0 Å². The second-order valence-corrected chi connectivity index (χ2v) is 4.35. The first-order chi connectivity index (χ1) is 7.84. The van der Waals surface area contributed by atoms with E-state index in [1.54, 1.807) is 23.8 Å². The summed E-state index contributed by atoms with van der Waals surface area (Å²) in [6.07, 6.45) is 0. The van der Waals surface area contributed by atoms with E-state index in [-0.39, 0.29) is 18.5 Å². The van der Waals surface area contributed by atoms with Crippen LogP contribution in [0.5, 0.6) is 0 Å². The minimum Gasteiger partial charge on any atom is -0.481 e. The van der Waals surface area contributed by atoms with Gasteiger partial charge in [0.25, 0.3) is 0 Å². The van der Waals surface area contributed by atoms with Crippen molar-refractivity contribution < 1.29 is 14.7 Å². The Balaban J connectivity index is 4.38. The molecule has 1 amide bonds. The van der Waals surface area contributed by atoms with Crippen LogP contribution in [-0.4, -0.2) is 59.5 Å².